The van der Waals surface area contributed by atoms with Gasteiger partial charge >= 0.3 is 5.97 Å². The molecule has 1 saturated heterocycles. The van der Waals surface area contributed by atoms with Gasteiger partial charge < -0.3 is 4.74 Å². The standard InChI is InChI=1S/C7H12O3S2/c1-3-10-6(8)7(2)11-4-5-12(7)9/h3-5H2,1-2H3/t7-,12-/m0/s1. The maximum absolute atomic E-state index is 11.4. The Hall–Kier alpha value is -0.0300. The van der Waals surface area contributed by atoms with Crippen LogP contribution in [0.4, 0.5) is 0 Å². The van der Waals surface area contributed by atoms with E-state index in [1.54, 1.807) is 13.8 Å². The van der Waals surface area contributed by atoms with Crippen LogP contribution in [0.1, 0.15) is 13.8 Å². The number of carbonyl (C=O) groups excluding carboxylic acids is 1. The van der Waals surface area contributed by atoms with Crippen LogP contribution in [0.3, 0.4) is 0 Å². The molecule has 3 nitrogen and oxygen atoms in total. The smallest absolute Gasteiger partial charge is 0.334 e. The molecule has 0 saturated carbocycles. The fourth-order valence-electron chi connectivity index (χ4n) is 0.987. The lowest BCUT2D eigenvalue weighted by Gasteiger charge is -2.18. The highest BCUT2D eigenvalue weighted by atomic mass is 32.2. The molecule has 5 heteroatoms. The maximum atomic E-state index is 11.4. The summed E-state index contributed by atoms with van der Waals surface area (Å²) < 4.78 is 15.4. The minimum absolute atomic E-state index is 0.342. The number of carbonyl (C=O) groups is 1. The number of ether oxygens (including phenoxy) is 1. The van der Waals surface area contributed by atoms with E-state index in [9.17, 15) is 9.00 Å². The van der Waals surface area contributed by atoms with Gasteiger partial charge in [0.2, 0.25) is 0 Å². The zero-order valence-corrected chi connectivity index (χ0v) is 8.80. The Morgan fingerprint density at radius 2 is 2.42 bits per heavy atom. The van der Waals surface area contributed by atoms with Gasteiger partial charge in [0.05, 0.1) is 6.61 Å². The second-order valence-corrected chi connectivity index (χ2v) is 6.25. The average molecular weight is 208 g/mol. The molecule has 0 aromatic rings. The summed E-state index contributed by atoms with van der Waals surface area (Å²) in [5, 5.41) is 0. The van der Waals surface area contributed by atoms with Crippen LogP contribution in [0.25, 0.3) is 0 Å². The summed E-state index contributed by atoms with van der Waals surface area (Å²) in [6.45, 7) is 3.80. The molecule has 1 fully saturated rings. The van der Waals surface area contributed by atoms with Crippen molar-refractivity contribution in [1.82, 2.24) is 0 Å². The van der Waals surface area contributed by atoms with Crippen molar-refractivity contribution in [3.8, 4) is 0 Å². The van der Waals surface area contributed by atoms with Crippen molar-refractivity contribution >= 4 is 28.5 Å². The molecule has 0 amide bonds. The fraction of sp³-hybridized carbons (Fsp3) is 0.857. The lowest BCUT2D eigenvalue weighted by Crippen LogP contribution is -2.35. The van der Waals surface area contributed by atoms with E-state index >= 15 is 0 Å². The van der Waals surface area contributed by atoms with Crippen molar-refractivity contribution in [3.05, 3.63) is 0 Å². The molecule has 0 radical (unpaired) electrons. The molecule has 0 aliphatic carbocycles. The molecule has 70 valence electrons. The fourth-order valence-corrected chi connectivity index (χ4v) is 4.15. The molecule has 12 heavy (non-hydrogen) atoms. The number of rotatable bonds is 2. The van der Waals surface area contributed by atoms with E-state index in [0.717, 1.165) is 5.75 Å². The SMILES string of the molecule is CCOC(=O)[C@@]1(C)SCC[S@@]1=O. The van der Waals surface area contributed by atoms with Gasteiger partial charge in [0, 0.05) is 22.3 Å². The molecule has 0 aromatic heterocycles. The van der Waals surface area contributed by atoms with Crippen LogP contribution in [0.15, 0.2) is 0 Å². The van der Waals surface area contributed by atoms with E-state index in [2.05, 4.69) is 0 Å². The minimum Gasteiger partial charge on any atom is -0.464 e. The zero-order chi connectivity index (χ0) is 9.19. The van der Waals surface area contributed by atoms with Crippen molar-refractivity contribution in [1.29, 1.82) is 0 Å². The highest BCUT2D eigenvalue weighted by molar-refractivity contribution is 8.16. The van der Waals surface area contributed by atoms with E-state index in [4.69, 9.17) is 4.74 Å². The molecule has 0 bridgehead atoms. The molecule has 2 atom stereocenters. The Labute approximate surface area is 78.7 Å². The van der Waals surface area contributed by atoms with Gasteiger partial charge in [-0.2, -0.15) is 0 Å². The Morgan fingerprint density at radius 1 is 1.75 bits per heavy atom. The van der Waals surface area contributed by atoms with Crippen LogP contribution in [-0.4, -0.2) is 32.4 Å². The van der Waals surface area contributed by atoms with Gasteiger partial charge in [0.1, 0.15) is 0 Å². The van der Waals surface area contributed by atoms with E-state index < -0.39 is 14.9 Å². The molecule has 0 spiro atoms. The Balaban J connectivity index is 2.70. The average Bonchev–Trinajstić information content (AvgIpc) is 2.34. The van der Waals surface area contributed by atoms with Crippen molar-refractivity contribution < 1.29 is 13.7 Å². The molecule has 1 rings (SSSR count). The molecule has 1 aliphatic rings. The van der Waals surface area contributed by atoms with Crippen LogP contribution < -0.4 is 0 Å². The summed E-state index contributed by atoms with van der Waals surface area (Å²) in [5.74, 6) is 1.04. The van der Waals surface area contributed by atoms with Gasteiger partial charge in [-0.3, -0.25) is 4.21 Å². The molecular weight excluding hydrogens is 196 g/mol. The third-order valence-corrected chi connectivity index (χ3v) is 5.63. The van der Waals surface area contributed by atoms with Crippen LogP contribution in [-0.2, 0) is 20.3 Å². The van der Waals surface area contributed by atoms with Gasteiger partial charge in [0.25, 0.3) is 0 Å². The lowest BCUT2D eigenvalue weighted by atomic mass is 10.5. The Bertz CT molecular complexity index is 217. The van der Waals surface area contributed by atoms with Crippen molar-refractivity contribution in [2.75, 3.05) is 18.1 Å². The second kappa shape index (κ2) is 3.79. The quantitative estimate of drug-likeness (QED) is 0.628. The van der Waals surface area contributed by atoms with Crippen LogP contribution in [0.2, 0.25) is 0 Å². The number of thioether (sulfide) groups is 1. The summed E-state index contributed by atoms with van der Waals surface area (Å²) in [4.78, 5) is 11.3. The van der Waals surface area contributed by atoms with E-state index in [-0.39, 0.29) is 5.97 Å². The van der Waals surface area contributed by atoms with Gasteiger partial charge in [-0.1, -0.05) is 0 Å². The molecule has 1 aliphatic heterocycles. The van der Waals surface area contributed by atoms with Gasteiger partial charge in [-0.05, 0) is 13.8 Å². The van der Waals surface area contributed by atoms with Crippen molar-refractivity contribution in [3.63, 3.8) is 0 Å². The van der Waals surface area contributed by atoms with E-state index in [1.165, 1.54) is 11.8 Å². The molecule has 0 aromatic carbocycles. The number of hydrogen-bond donors (Lipinski definition) is 0. The normalized spacial score (nSPS) is 35.0. The highest BCUT2D eigenvalue weighted by Gasteiger charge is 2.45. The predicted molar refractivity (Wildman–Crippen MR) is 50.5 cm³/mol. The van der Waals surface area contributed by atoms with Gasteiger partial charge in [0.15, 0.2) is 4.08 Å². The lowest BCUT2D eigenvalue weighted by molar-refractivity contribution is -0.143. The highest BCUT2D eigenvalue weighted by Crippen LogP contribution is 2.36. The largest absolute Gasteiger partial charge is 0.464 e. The topological polar surface area (TPSA) is 43.4 Å². The molecule has 0 unspecified atom stereocenters. The van der Waals surface area contributed by atoms with Crippen LogP contribution >= 0.6 is 11.8 Å². The van der Waals surface area contributed by atoms with E-state index in [1.807, 2.05) is 0 Å². The summed E-state index contributed by atoms with van der Waals surface area (Å²) in [6, 6.07) is 0. The Kier molecular flexibility index (Phi) is 3.17. The number of esters is 1. The summed E-state index contributed by atoms with van der Waals surface area (Å²) in [7, 11) is -1.07. The summed E-state index contributed by atoms with van der Waals surface area (Å²) in [5.41, 5.74) is 0. The maximum Gasteiger partial charge on any atom is 0.334 e. The van der Waals surface area contributed by atoms with Crippen LogP contribution in [0.5, 0.6) is 0 Å². The van der Waals surface area contributed by atoms with Crippen molar-refractivity contribution in [2.24, 2.45) is 0 Å². The summed E-state index contributed by atoms with van der Waals surface area (Å²) >= 11 is 1.43. The van der Waals surface area contributed by atoms with Gasteiger partial charge in [-0.15, -0.1) is 11.8 Å². The third kappa shape index (κ3) is 1.66. The number of hydrogen-bond acceptors (Lipinski definition) is 4. The molecular formula is C7H12O3S2. The summed E-state index contributed by atoms with van der Waals surface area (Å²) in [6.07, 6.45) is 0. The Morgan fingerprint density at radius 3 is 2.83 bits per heavy atom. The third-order valence-electron chi connectivity index (χ3n) is 1.73. The van der Waals surface area contributed by atoms with E-state index in [0.29, 0.717) is 12.4 Å². The zero-order valence-electron chi connectivity index (χ0n) is 7.16. The molecule has 0 N–H and O–H groups in total. The monoisotopic (exact) mass is 208 g/mol. The predicted octanol–water partition coefficient (Wildman–Crippen LogP) is 0.761. The first-order chi connectivity index (χ1) is 5.61. The van der Waals surface area contributed by atoms with Gasteiger partial charge in [-0.25, -0.2) is 4.79 Å². The molecule has 1 heterocycles. The van der Waals surface area contributed by atoms with Crippen molar-refractivity contribution in [2.45, 2.75) is 17.9 Å². The first-order valence-corrected chi connectivity index (χ1v) is 6.11. The second-order valence-electron chi connectivity index (χ2n) is 2.56. The first-order valence-electron chi connectivity index (χ1n) is 3.81. The van der Waals surface area contributed by atoms with Crippen LogP contribution in [0, 0.1) is 0 Å². The first kappa shape index (κ1) is 10.1. The minimum atomic E-state index is -1.07.